The van der Waals surface area contributed by atoms with Gasteiger partial charge in [-0.1, -0.05) is 0 Å². The number of aliphatic hydroxyl groups excluding tert-OH is 2. The Kier molecular flexibility index (Phi) is 5.80. The predicted octanol–water partition coefficient (Wildman–Crippen LogP) is 1.30. The summed E-state index contributed by atoms with van der Waals surface area (Å²) in [6.45, 7) is 6.39. The Morgan fingerprint density at radius 1 is 1.18 bits per heavy atom. The van der Waals surface area contributed by atoms with Crippen LogP contribution in [0.15, 0.2) is 24.3 Å². The van der Waals surface area contributed by atoms with Crippen molar-refractivity contribution in [1.29, 1.82) is 0 Å². The molecule has 0 radical (unpaired) electrons. The Morgan fingerprint density at radius 2 is 1.76 bits per heavy atom. The van der Waals surface area contributed by atoms with Crippen LogP contribution in [0.2, 0.25) is 0 Å². The van der Waals surface area contributed by atoms with Crippen molar-refractivity contribution >= 4 is 11.4 Å². The van der Waals surface area contributed by atoms with E-state index >= 15 is 0 Å². The Labute approximate surface area is 103 Å². The van der Waals surface area contributed by atoms with E-state index in [2.05, 4.69) is 36.2 Å². The quantitative estimate of drug-likeness (QED) is 0.670. The minimum absolute atomic E-state index is 0.218. The first-order valence-electron chi connectivity index (χ1n) is 6.09. The fraction of sp³-hybridized carbons (Fsp3) is 0.538. The molecule has 0 aliphatic carbocycles. The molecule has 1 aromatic rings. The molecule has 0 aliphatic heterocycles. The van der Waals surface area contributed by atoms with Crippen molar-refractivity contribution in [2.24, 2.45) is 0 Å². The third-order valence-electron chi connectivity index (χ3n) is 2.75. The molecule has 0 spiro atoms. The first-order chi connectivity index (χ1) is 8.21. The van der Waals surface area contributed by atoms with Gasteiger partial charge in [0.1, 0.15) is 0 Å². The van der Waals surface area contributed by atoms with Crippen LogP contribution >= 0.6 is 0 Å². The second-order valence-corrected chi connectivity index (χ2v) is 3.94. The third-order valence-corrected chi connectivity index (χ3v) is 2.75. The average Bonchev–Trinajstić information content (AvgIpc) is 2.38. The van der Waals surface area contributed by atoms with Crippen LogP contribution in [0.1, 0.15) is 13.8 Å². The highest BCUT2D eigenvalue weighted by atomic mass is 16.3. The van der Waals surface area contributed by atoms with Gasteiger partial charge >= 0.3 is 0 Å². The van der Waals surface area contributed by atoms with Crippen LogP contribution in [0.5, 0.6) is 0 Å². The van der Waals surface area contributed by atoms with Crippen LogP contribution in [-0.2, 0) is 0 Å². The lowest BCUT2D eigenvalue weighted by atomic mass is 10.2. The Hall–Kier alpha value is -1.26. The molecule has 0 heterocycles. The Morgan fingerprint density at radius 3 is 2.24 bits per heavy atom. The third kappa shape index (κ3) is 4.24. The highest BCUT2D eigenvalue weighted by Gasteiger charge is 2.03. The first-order valence-corrected chi connectivity index (χ1v) is 6.09. The van der Waals surface area contributed by atoms with Crippen LogP contribution in [-0.4, -0.2) is 42.6 Å². The standard InChI is InChI=1S/C13H22N2O2/c1-3-15(4-2)12-7-5-11(6-8-12)14-9-13(17)10-16/h5-8,13-14,16-17H,3-4,9-10H2,1-2H3/t13-/m0/s1. The molecule has 0 aromatic heterocycles. The zero-order chi connectivity index (χ0) is 12.7. The lowest BCUT2D eigenvalue weighted by molar-refractivity contribution is 0.105. The largest absolute Gasteiger partial charge is 0.394 e. The normalized spacial score (nSPS) is 12.2. The van der Waals surface area contributed by atoms with E-state index in [0.717, 1.165) is 18.8 Å². The maximum absolute atomic E-state index is 9.22. The zero-order valence-corrected chi connectivity index (χ0v) is 10.6. The highest BCUT2D eigenvalue weighted by molar-refractivity contribution is 5.55. The van der Waals surface area contributed by atoms with Crippen molar-refractivity contribution in [2.75, 3.05) is 36.5 Å². The minimum atomic E-state index is -0.711. The van der Waals surface area contributed by atoms with Crippen molar-refractivity contribution in [1.82, 2.24) is 0 Å². The highest BCUT2D eigenvalue weighted by Crippen LogP contribution is 2.17. The summed E-state index contributed by atoms with van der Waals surface area (Å²) in [5.41, 5.74) is 2.15. The summed E-state index contributed by atoms with van der Waals surface area (Å²) in [5.74, 6) is 0. The molecular weight excluding hydrogens is 216 g/mol. The number of aliphatic hydroxyl groups is 2. The zero-order valence-electron chi connectivity index (χ0n) is 10.6. The molecule has 0 aliphatic rings. The summed E-state index contributed by atoms with van der Waals surface area (Å²) in [6, 6.07) is 8.08. The number of nitrogens with zero attached hydrogens (tertiary/aromatic N) is 1. The van der Waals surface area contributed by atoms with E-state index in [4.69, 9.17) is 5.11 Å². The van der Waals surface area contributed by atoms with E-state index in [1.807, 2.05) is 12.1 Å². The van der Waals surface area contributed by atoms with E-state index in [-0.39, 0.29) is 6.61 Å². The summed E-state index contributed by atoms with van der Waals surface area (Å²) < 4.78 is 0. The predicted molar refractivity (Wildman–Crippen MR) is 71.6 cm³/mol. The second-order valence-electron chi connectivity index (χ2n) is 3.94. The molecule has 0 saturated carbocycles. The molecule has 0 bridgehead atoms. The summed E-state index contributed by atoms with van der Waals surface area (Å²) in [4.78, 5) is 2.27. The SMILES string of the molecule is CCN(CC)c1ccc(NC[C@H](O)CO)cc1. The van der Waals surface area contributed by atoms with Gasteiger partial charge in [-0.2, -0.15) is 0 Å². The minimum Gasteiger partial charge on any atom is -0.394 e. The molecule has 4 heteroatoms. The Bertz CT molecular complexity index is 310. The molecule has 96 valence electrons. The molecule has 1 atom stereocenters. The van der Waals surface area contributed by atoms with Crippen molar-refractivity contribution in [3.8, 4) is 0 Å². The van der Waals surface area contributed by atoms with E-state index < -0.39 is 6.10 Å². The van der Waals surface area contributed by atoms with Gasteiger partial charge in [-0.15, -0.1) is 0 Å². The molecule has 0 amide bonds. The van der Waals surface area contributed by atoms with E-state index in [1.54, 1.807) is 0 Å². The molecule has 0 unspecified atom stereocenters. The van der Waals surface area contributed by atoms with Gasteiger partial charge in [-0.3, -0.25) is 0 Å². The van der Waals surface area contributed by atoms with Gasteiger partial charge in [-0.25, -0.2) is 0 Å². The van der Waals surface area contributed by atoms with Crippen LogP contribution in [0.3, 0.4) is 0 Å². The smallest absolute Gasteiger partial charge is 0.0942 e. The van der Waals surface area contributed by atoms with Crippen molar-refractivity contribution in [2.45, 2.75) is 20.0 Å². The fourth-order valence-corrected chi connectivity index (χ4v) is 1.68. The second kappa shape index (κ2) is 7.14. The van der Waals surface area contributed by atoms with Gasteiger partial charge in [0.2, 0.25) is 0 Å². The van der Waals surface area contributed by atoms with Crippen LogP contribution in [0, 0.1) is 0 Å². The van der Waals surface area contributed by atoms with E-state index in [0.29, 0.717) is 6.54 Å². The lowest BCUT2D eigenvalue weighted by Crippen LogP contribution is -2.23. The fourth-order valence-electron chi connectivity index (χ4n) is 1.68. The van der Waals surface area contributed by atoms with Crippen LogP contribution in [0.25, 0.3) is 0 Å². The maximum atomic E-state index is 9.22. The molecule has 4 nitrogen and oxygen atoms in total. The average molecular weight is 238 g/mol. The van der Waals surface area contributed by atoms with Gasteiger partial charge in [-0.05, 0) is 38.1 Å². The maximum Gasteiger partial charge on any atom is 0.0942 e. The molecule has 1 aromatic carbocycles. The van der Waals surface area contributed by atoms with Gasteiger partial charge in [0, 0.05) is 31.0 Å². The summed E-state index contributed by atoms with van der Waals surface area (Å²) in [7, 11) is 0. The molecule has 0 saturated heterocycles. The first kappa shape index (κ1) is 13.8. The van der Waals surface area contributed by atoms with Gasteiger partial charge in [0.05, 0.1) is 12.7 Å². The molecule has 17 heavy (non-hydrogen) atoms. The molecule has 1 rings (SSSR count). The Balaban J connectivity index is 2.55. The summed E-state index contributed by atoms with van der Waals surface area (Å²) in [6.07, 6.45) is -0.711. The number of nitrogens with one attached hydrogen (secondary N) is 1. The summed E-state index contributed by atoms with van der Waals surface area (Å²) in [5, 5.41) is 21.0. The number of benzene rings is 1. The number of hydrogen-bond acceptors (Lipinski definition) is 4. The lowest BCUT2D eigenvalue weighted by Gasteiger charge is -2.21. The van der Waals surface area contributed by atoms with Crippen LogP contribution in [0.4, 0.5) is 11.4 Å². The number of rotatable bonds is 7. The molecule has 3 N–H and O–H groups in total. The van der Waals surface area contributed by atoms with Crippen molar-refractivity contribution < 1.29 is 10.2 Å². The van der Waals surface area contributed by atoms with Gasteiger partial charge in [0.15, 0.2) is 0 Å². The molecular formula is C13H22N2O2. The monoisotopic (exact) mass is 238 g/mol. The number of hydrogen-bond donors (Lipinski definition) is 3. The molecule has 0 fully saturated rings. The van der Waals surface area contributed by atoms with E-state index in [1.165, 1.54) is 5.69 Å². The van der Waals surface area contributed by atoms with Crippen molar-refractivity contribution in [3.63, 3.8) is 0 Å². The summed E-state index contributed by atoms with van der Waals surface area (Å²) >= 11 is 0. The van der Waals surface area contributed by atoms with Gasteiger partial charge < -0.3 is 20.4 Å². The van der Waals surface area contributed by atoms with Crippen molar-refractivity contribution in [3.05, 3.63) is 24.3 Å². The number of anilines is 2. The van der Waals surface area contributed by atoms with E-state index in [9.17, 15) is 5.11 Å². The van der Waals surface area contributed by atoms with Gasteiger partial charge in [0.25, 0.3) is 0 Å². The van der Waals surface area contributed by atoms with Crippen LogP contribution < -0.4 is 10.2 Å². The topological polar surface area (TPSA) is 55.7 Å².